The Hall–Kier alpha value is -1.75. The van der Waals surface area contributed by atoms with Gasteiger partial charge in [-0.25, -0.2) is 4.79 Å². The summed E-state index contributed by atoms with van der Waals surface area (Å²) in [6.07, 6.45) is 2.31. The van der Waals surface area contributed by atoms with Crippen molar-refractivity contribution in [3.8, 4) is 0 Å². The molecule has 1 aromatic heterocycles. The monoisotopic (exact) mass is 239 g/mol. The quantitative estimate of drug-likeness (QED) is 0.425. The van der Waals surface area contributed by atoms with Gasteiger partial charge in [0, 0.05) is 0 Å². The minimum absolute atomic E-state index is 0.222. The van der Waals surface area contributed by atoms with E-state index in [1.807, 2.05) is 0 Å². The minimum Gasteiger partial charge on any atom is -0.502 e. The van der Waals surface area contributed by atoms with Gasteiger partial charge in [0.15, 0.2) is 0 Å². The minimum atomic E-state index is -0.462. The first-order chi connectivity index (χ1) is 8.27. The molecule has 17 heavy (non-hydrogen) atoms. The van der Waals surface area contributed by atoms with E-state index in [1.165, 1.54) is 13.4 Å². The summed E-state index contributed by atoms with van der Waals surface area (Å²) in [6.45, 7) is 5.48. The Morgan fingerprint density at radius 3 is 3.12 bits per heavy atom. The summed E-state index contributed by atoms with van der Waals surface area (Å²) >= 11 is 0. The second-order valence-electron chi connectivity index (χ2n) is 3.33. The summed E-state index contributed by atoms with van der Waals surface area (Å²) in [5.41, 5.74) is 0. The molecule has 0 bridgehead atoms. The van der Waals surface area contributed by atoms with E-state index in [1.54, 1.807) is 12.1 Å². The molecule has 0 unspecified atom stereocenters. The third kappa shape index (κ3) is 4.74. The molecule has 0 radical (unpaired) electrons. The normalized spacial score (nSPS) is 9.94. The molecule has 0 amide bonds. The summed E-state index contributed by atoms with van der Waals surface area (Å²) in [4.78, 5) is 11.1. The van der Waals surface area contributed by atoms with Crippen LogP contribution in [0.1, 0.15) is 22.7 Å². The molecule has 0 atom stereocenters. The maximum Gasteiger partial charge on any atom is 0.373 e. The van der Waals surface area contributed by atoms with Crippen LogP contribution in [0.2, 0.25) is 0 Å². The fourth-order valence-corrected chi connectivity index (χ4v) is 1.26. The molecule has 0 saturated heterocycles. The van der Waals surface area contributed by atoms with E-state index in [0.29, 0.717) is 18.9 Å². The molecular weight excluding hydrogens is 222 g/mol. The molecule has 0 aliphatic carbocycles. The van der Waals surface area contributed by atoms with Crippen LogP contribution < -0.4 is 5.32 Å². The first kappa shape index (κ1) is 13.3. The third-order valence-corrected chi connectivity index (χ3v) is 2.08. The van der Waals surface area contributed by atoms with Crippen molar-refractivity contribution in [3.63, 3.8) is 0 Å². The van der Waals surface area contributed by atoms with Crippen LogP contribution in [-0.4, -0.2) is 26.2 Å². The zero-order valence-electron chi connectivity index (χ0n) is 9.90. The van der Waals surface area contributed by atoms with Gasteiger partial charge in [-0.1, -0.05) is 6.58 Å². The summed E-state index contributed by atoms with van der Waals surface area (Å²) in [6, 6.07) is 3.35. The number of ether oxygens (including phenoxy) is 2. The molecule has 5 nitrogen and oxygen atoms in total. The van der Waals surface area contributed by atoms with Crippen molar-refractivity contribution in [1.82, 2.24) is 5.32 Å². The maximum atomic E-state index is 11.1. The molecule has 0 aliphatic rings. The van der Waals surface area contributed by atoms with Crippen molar-refractivity contribution in [2.75, 3.05) is 20.3 Å². The summed E-state index contributed by atoms with van der Waals surface area (Å²) in [5, 5.41) is 3.17. The number of hydrogen-bond donors (Lipinski definition) is 1. The van der Waals surface area contributed by atoms with Crippen LogP contribution in [0, 0.1) is 0 Å². The molecule has 1 aromatic rings. The lowest BCUT2D eigenvalue weighted by Gasteiger charge is -2.02. The predicted octanol–water partition coefficient (Wildman–Crippen LogP) is 1.71. The highest BCUT2D eigenvalue weighted by Gasteiger charge is 2.10. The number of esters is 1. The summed E-state index contributed by atoms with van der Waals surface area (Å²) in [7, 11) is 1.32. The Labute approximate surface area is 100 Å². The molecule has 5 heteroatoms. The van der Waals surface area contributed by atoms with Gasteiger partial charge < -0.3 is 19.2 Å². The summed E-state index contributed by atoms with van der Waals surface area (Å²) < 4.78 is 14.8. The first-order valence-corrected chi connectivity index (χ1v) is 5.38. The van der Waals surface area contributed by atoms with Crippen LogP contribution in [0.4, 0.5) is 0 Å². The van der Waals surface area contributed by atoms with E-state index in [0.717, 1.165) is 13.0 Å². The molecule has 0 aliphatic heterocycles. The molecule has 0 aromatic carbocycles. The SMILES string of the molecule is C=COCCCNCc1ccc(C(=O)OC)o1. The third-order valence-electron chi connectivity index (χ3n) is 2.08. The molecule has 0 saturated carbocycles. The molecule has 1 heterocycles. The van der Waals surface area contributed by atoms with Crippen molar-refractivity contribution in [2.24, 2.45) is 0 Å². The van der Waals surface area contributed by atoms with Crippen LogP contribution in [0.25, 0.3) is 0 Å². The number of nitrogens with one attached hydrogen (secondary N) is 1. The van der Waals surface area contributed by atoms with Crippen LogP contribution in [0.15, 0.2) is 29.4 Å². The zero-order chi connectivity index (χ0) is 12.5. The van der Waals surface area contributed by atoms with E-state index < -0.39 is 5.97 Å². The number of rotatable bonds is 8. The van der Waals surface area contributed by atoms with Crippen LogP contribution >= 0.6 is 0 Å². The van der Waals surface area contributed by atoms with Gasteiger partial charge in [-0.2, -0.15) is 0 Å². The van der Waals surface area contributed by atoms with Crippen LogP contribution in [0.3, 0.4) is 0 Å². The smallest absolute Gasteiger partial charge is 0.373 e. The second kappa shape index (κ2) is 7.51. The van der Waals surface area contributed by atoms with Crippen LogP contribution in [0.5, 0.6) is 0 Å². The second-order valence-corrected chi connectivity index (χ2v) is 3.33. The first-order valence-electron chi connectivity index (χ1n) is 5.38. The maximum absolute atomic E-state index is 11.1. The fourth-order valence-electron chi connectivity index (χ4n) is 1.26. The molecule has 0 fully saturated rings. The van der Waals surface area contributed by atoms with Crippen molar-refractivity contribution in [1.29, 1.82) is 0 Å². The summed E-state index contributed by atoms with van der Waals surface area (Å²) in [5.74, 6) is 0.463. The number of carbonyl (C=O) groups is 1. The van der Waals surface area contributed by atoms with Crippen molar-refractivity contribution in [3.05, 3.63) is 36.5 Å². The largest absolute Gasteiger partial charge is 0.502 e. The van der Waals surface area contributed by atoms with E-state index in [2.05, 4.69) is 16.6 Å². The Morgan fingerprint density at radius 1 is 1.59 bits per heavy atom. The van der Waals surface area contributed by atoms with E-state index in [-0.39, 0.29) is 5.76 Å². The van der Waals surface area contributed by atoms with Crippen molar-refractivity contribution in [2.45, 2.75) is 13.0 Å². The molecular formula is C12H17NO4. The standard InChI is InChI=1S/C12H17NO4/c1-3-16-8-4-7-13-9-10-5-6-11(17-10)12(14)15-2/h3,5-6,13H,1,4,7-9H2,2H3. The highest BCUT2D eigenvalue weighted by Crippen LogP contribution is 2.08. The lowest BCUT2D eigenvalue weighted by molar-refractivity contribution is 0.0563. The highest BCUT2D eigenvalue weighted by molar-refractivity contribution is 5.86. The van der Waals surface area contributed by atoms with Gasteiger partial charge in [0.2, 0.25) is 5.76 Å². The molecule has 1 N–H and O–H groups in total. The Balaban J connectivity index is 2.21. The van der Waals surface area contributed by atoms with Crippen molar-refractivity contribution >= 4 is 5.97 Å². The Bertz CT molecular complexity index is 359. The number of carbonyl (C=O) groups excluding carboxylic acids is 1. The average Bonchev–Trinajstić information content (AvgIpc) is 2.81. The highest BCUT2D eigenvalue weighted by atomic mass is 16.5. The molecule has 1 rings (SSSR count). The lowest BCUT2D eigenvalue weighted by Crippen LogP contribution is -2.15. The fraction of sp³-hybridized carbons (Fsp3) is 0.417. The molecule has 94 valence electrons. The van der Waals surface area contributed by atoms with Crippen LogP contribution in [-0.2, 0) is 16.0 Å². The molecule has 0 spiro atoms. The number of hydrogen-bond acceptors (Lipinski definition) is 5. The number of methoxy groups -OCH3 is 1. The van der Waals surface area contributed by atoms with Gasteiger partial charge in [-0.05, 0) is 25.1 Å². The van der Waals surface area contributed by atoms with Gasteiger partial charge in [0.05, 0.1) is 26.5 Å². The van der Waals surface area contributed by atoms with E-state index >= 15 is 0 Å². The Kier molecular flexibility index (Phi) is 5.88. The van der Waals surface area contributed by atoms with E-state index in [9.17, 15) is 4.79 Å². The van der Waals surface area contributed by atoms with E-state index in [4.69, 9.17) is 9.15 Å². The zero-order valence-corrected chi connectivity index (χ0v) is 9.90. The Morgan fingerprint density at radius 2 is 2.41 bits per heavy atom. The lowest BCUT2D eigenvalue weighted by atomic mass is 10.4. The van der Waals surface area contributed by atoms with Gasteiger partial charge in [-0.3, -0.25) is 0 Å². The topological polar surface area (TPSA) is 60.7 Å². The predicted molar refractivity (Wildman–Crippen MR) is 62.5 cm³/mol. The number of furan rings is 1. The van der Waals surface area contributed by atoms with Gasteiger partial charge in [0.1, 0.15) is 5.76 Å². The van der Waals surface area contributed by atoms with Crippen molar-refractivity contribution < 1.29 is 18.7 Å². The van der Waals surface area contributed by atoms with Gasteiger partial charge in [-0.15, -0.1) is 0 Å². The average molecular weight is 239 g/mol. The van der Waals surface area contributed by atoms with Gasteiger partial charge >= 0.3 is 5.97 Å². The van der Waals surface area contributed by atoms with Gasteiger partial charge in [0.25, 0.3) is 0 Å².